The van der Waals surface area contributed by atoms with E-state index < -0.39 is 18.3 Å². The van der Waals surface area contributed by atoms with Gasteiger partial charge in [0, 0.05) is 43.2 Å². The first kappa shape index (κ1) is 33.5. The van der Waals surface area contributed by atoms with Gasteiger partial charge in [-0.05, 0) is 55.9 Å². The minimum atomic E-state index is -0.761. The minimum Gasteiger partial charge on any atom is -0.428 e. The van der Waals surface area contributed by atoms with Gasteiger partial charge in [0.25, 0.3) is 11.8 Å². The Morgan fingerprint density at radius 3 is 2.34 bits per heavy atom. The zero-order valence-corrected chi connectivity index (χ0v) is 26.3. The molecule has 1 aliphatic heterocycles. The molecule has 3 atom stereocenters. The van der Waals surface area contributed by atoms with E-state index in [0.717, 1.165) is 31.2 Å². The average Bonchev–Trinajstić information content (AvgIpc) is 3.56. The summed E-state index contributed by atoms with van der Waals surface area (Å²) in [4.78, 5) is 41.9. The number of ether oxygens (including phenoxy) is 3. The largest absolute Gasteiger partial charge is 0.509 e. The molecule has 1 aliphatic carbocycles. The van der Waals surface area contributed by atoms with Crippen molar-refractivity contribution in [3.8, 4) is 0 Å². The van der Waals surface area contributed by atoms with Crippen LogP contribution in [0, 0.1) is 0 Å². The van der Waals surface area contributed by atoms with Crippen LogP contribution in [0.5, 0.6) is 0 Å². The quantitative estimate of drug-likeness (QED) is 0.257. The van der Waals surface area contributed by atoms with Crippen LogP contribution in [0.3, 0.4) is 0 Å². The van der Waals surface area contributed by atoms with Crippen LogP contribution < -0.4 is 10.6 Å². The maximum atomic E-state index is 13.8. The van der Waals surface area contributed by atoms with E-state index in [2.05, 4.69) is 10.6 Å². The summed E-state index contributed by atoms with van der Waals surface area (Å²) < 4.78 is 16.9. The Hall–Kier alpha value is -3.43. The van der Waals surface area contributed by atoms with Gasteiger partial charge < -0.3 is 29.7 Å². The smallest absolute Gasteiger partial charge is 0.428 e. The zero-order valence-electron chi connectivity index (χ0n) is 26.3. The van der Waals surface area contributed by atoms with Crippen molar-refractivity contribution in [2.45, 2.75) is 95.9 Å². The Bertz CT molecular complexity index is 1170. The predicted molar refractivity (Wildman–Crippen MR) is 170 cm³/mol. The molecule has 0 aromatic heterocycles. The molecule has 2 amide bonds. The van der Waals surface area contributed by atoms with Crippen molar-refractivity contribution in [1.82, 2.24) is 15.5 Å². The highest BCUT2D eigenvalue weighted by molar-refractivity contribution is 5.99. The lowest BCUT2D eigenvalue weighted by Crippen LogP contribution is -2.52. The Balaban J connectivity index is 1.55. The number of carbonyl (C=O) groups is 3. The van der Waals surface area contributed by atoms with E-state index in [0.29, 0.717) is 62.9 Å². The van der Waals surface area contributed by atoms with E-state index in [4.69, 9.17) is 14.2 Å². The lowest BCUT2D eigenvalue weighted by molar-refractivity contribution is -0.0139. The number of hydrogen-bond acceptors (Lipinski definition) is 7. The molecular formula is C35H49N3O6. The number of nitrogens with zero attached hydrogens (tertiary/aromatic N) is 1. The lowest BCUT2D eigenvalue weighted by atomic mass is 9.94. The Morgan fingerprint density at radius 1 is 0.932 bits per heavy atom. The Labute approximate surface area is 262 Å². The SMILES string of the molecule is CCCN(CCC)C(=O)c1cccc(C(=O)NC(Cc2ccccc2)[C@H](CNC2CCCCC2)OC(=O)OC2CCOC2)c1. The maximum absolute atomic E-state index is 13.8. The summed E-state index contributed by atoms with van der Waals surface area (Å²) in [5.74, 6) is -0.414. The van der Waals surface area contributed by atoms with Crippen molar-refractivity contribution in [3.05, 3.63) is 71.3 Å². The van der Waals surface area contributed by atoms with Crippen LogP contribution in [0.4, 0.5) is 4.79 Å². The van der Waals surface area contributed by atoms with Crippen LogP contribution in [0.1, 0.15) is 91.5 Å². The van der Waals surface area contributed by atoms with Gasteiger partial charge >= 0.3 is 6.16 Å². The normalized spacial score (nSPS) is 18.3. The molecule has 1 saturated heterocycles. The van der Waals surface area contributed by atoms with Gasteiger partial charge in [-0.15, -0.1) is 0 Å². The summed E-state index contributed by atoms with van der Waals surface area (Å²) in [6, 6.07) is 16.5. The van der Waals surface area contributed by atoms with Crippen LogP contribution in [-0.2, 0) is 20.6 Å². The van der Waals surface area contributed by atoms with Crippen LogP contribution in [0.2, 0.25) is 0 Å². The van der Waals surface area contributed by atoms with Crippen molar-refractivity contribution in [1.29, 1.82) is 0 Å². The molecule has 4 rings (SSSR count). The third-order valence-electron chi connectivity index (χ3n) is 8.32. The molecule has 1 saturated carbocycles. The maximum Gasteiger partial charge on any atom is 0.509 e. The molecule has 2 aliphatic rings. The van der Waals surface area contributed by atoms with Crippen LogP contribution >= 0.6 is 0 Å². The molecule has 240 valence electrons. The van der Waals surface area contributed by atoms with Gasteiger partial charge in [0.05, 0.1) is 19.3 Å². The highest BCUT2D eigenvalue weighted by atomic mass is 16.7. The molecule has 2 N–H and O–H groups in total. The third-order valence-corrected chi connectivity index (χ3v) is 8.32. The first-order chi connectivity index (χ1) is 21.5. The van der Waals surface area contributed by atoms with Crippen molar-refractivity contribution in [3.63, 3.8) is 0 Å². The Morgan fingerprint density at radius 2 is 1.66 bits per heavy atom. The standard InChI is InChI=1S/C35H49N3O6/c1-3-19-38(20-4-2)34(40)28-15-11-14-27(23-28)33(39)37-31(22-26-12-7-5-8-13-26)32(24-36-29-16-9-6-10-17-29)44-35(41)43-30-18-21-42-25-30/h5,7-8,11-15,23,29-32,36H,3-4,6,9-10,16-22,24-25H2,1-2H3,(H,37,39)/t30?,31?,32-/m0/s1. The first-order valence-corrected chi connectivity index (χ1v) is 16.4. The molecule has 0 bridgehead atoms. The molecule has 2 aromatic rings. The van der Waals surface area contributed by atoms with E-state index in [9.17, 15) is 14.4 Å². The number of carbonyl (C=O) groups excluding carboxylic acids is 3. The lowest BCUT2D eigenvalue weighted by Gasteiger charge is -2.31. The molecule has 0 radical (unpaired) electrons. The van der Waals surface area contributed by atoms with Crippen molar-refractivity contribution in [2.24, 2.45) is 0 Å². The van der Waals surface area contributed by atoms with Gasteiger partial charge in [0.15, 0.2) is 0 Å². The van der Waals surface area contributed by atoms with Crippen molar-refractivity contribution < 1.29 is 28.6 Å². The van der Waals surface area contributed by atoms with E-state index in [1.165, 1.54) is 19.3 Å². The number of benzene rings is 2. The van der Waals surface area contributed by atoms with E-state index in [-0.39, 0.29) is 17.9 Å². The van der Waals surface area contributed by atoms with Crippen molar-refractivity contribution >= 4 is 18.0 Å². The van der Waals surface area contributed by atoms with Crippen LogP contribution in [0.25, 0.3) is 0 Å². The topological polar surface area (TPSA) is 106 Å². The second kappa shape index (κ2) is 17.8. The molecule has 1 heterocycles. The summed E-state index contributed by atoms with van der Waals surface area (Å²) in [7, 11) is 0. The fraction of sp³-hybridized carbons (Fsp3) is 0.571. The average molecular weight is 608 g/mol. The molecule has 2 unspecified atom stereocenters. The van der Waals surface area contributed by atoms with Gasteiger partial charge in [-0.1, -0.05) is 69.5 Å². The fourth-order valence-electron chi connectivity index (χ4n) is 5.97. The molecule has 9 heteroatoms. The second-order valence-corrected chi connectivity index (χ2v) is 11.9. The summed E-state index contributed by atoms with van der Waals surface area (Å²) in [5, 5.41) is 6.75. The van der Waals surface area contributed by atoms with Crippen LogP contribution in [0.15, 0.2) is 54.6 Å². The molecule has 2 fully saturated rings. The van der Waals surface area contributed by atoms with Crippen molar-refractivity contribution in [2.75, 3.05) is 32.8 Å². The van der Waals surface area contributed by atoms with Gasteiger partial charge in [0.1, 0.15) is 12.2 Å². The minimum absolute atomic E-state index is 0.0827. The molecule has 0 spiro atoms. The van der Waals surface area contributed by atoms with Crippen LogP contribution in [-0.4, -0.2) is 80.0 Å². The highest BCUT2D eigenvalue weighted by Crippen LogP contribution is 2.19. The molecule has 2 aromatic carbocycles. The van der Waals surface area contributed by atoms with Gasteiger partial charge in [-0.2, -0.15) is 0 Å². The third kappa shape index (κ3) is 10.3. The van der Waals surface area contributed by atoms with Gasteiger partial charge in [0.2, 0.25) is 0 Å². The molecule has 9 nitrogen and oxygen atoms in total. The predicted octanol–water partition coefficient (Wildman–Crippen LogP) is 5.52. The summed E-state index contributed by atoms with van der Waals surface area (Å²) in [5.41, 5.74) is 1.86. The summed E-state index contributed by atoms with van der Waals surface area (Å²) >= 11 is 0. The van der Waals surface area contributed by atoms with Gasteiger partial charge in [-0.25, -0.2) is 4.79 Å². The van der Waals surface area contributed by atoms with Gasteiger partial charge in [-0.3, -0.25) is 9.59 Å². The number of rotatable bonds is 15. The monoisotopic (exact) mass is 607 g/mol. The fourth-order valence-corrected chi connectivity index (χ4v) is 5.97. The second-order valence-electron chi connectivity index (χ2n) is 11.9. The molecule has 44 heavy (non-hydrogen) atoms. The van der Waals surface area contributed by atoms with E-state index in [1.54, 1.807) is 24.3 Å². The Kier molecular flexibility index (Phi) is 13.5. The number of amides is 2. The molecular weight excluding hydrogens is 558 g/mol. The van der Waals surface area contributed by atoms with E-state index in [1.807, 2.05) is 49.1 Å². The highest BCUT2D eigenvalue weighted by Gasteiger charge is 2.31. The van der Waals surface area contributed by atoms with E-state index >= 15 is 0 Å². The first-order valence-electron chi connectivity index (χ1n) is 16.4. The zero-order chi connectivity index (χ0) is 31.1. The summed E-state index contributed by atoms with van der Waals surface area (Å²) in [6.45, 7) is 6.70. The number of nitrogens with one attached hydrogen (secondary N) is 2. The number of hydrogen-bond donors (Lipinski definition) is 2. The summed E-state index contributed by atoms with van der Waals surface area (Å²) in [6.07, 6.45) is 6.72.